The van der Waals surface area contributed by atoms with E-state index in [2.05, 4.69) is 0 Å². The van der Waals surface area contributed by atoms with Gasteiger partial charge in [0.05, 0.1) is 11.1 Å². The molecule has 6 nitrogen and oxygen atoms in total. The maximum atomic E-state index is 14.1. The Labute approximate surface area is 180 Å². The lowest BCUT2D eigenvalue weighted by molar-refractivity contribution is 0.0996. The molecular formula is C21H20ClFN3O3S-. The number of carbonyl (C=O) groups excluding carboxylic acids is 1. The van der Waals surface area contributed by atoms with Gasteiger partial charge < -0.3 is 19.5 Å². The van der Waals surface area contributed by atoms with Gasteiger partial charge in [0.1, 0.15) is 24.2 Å². The summed E-state index contributed by atoms with van der Waals surface area (Å²) >= 11 is 5.86. The first-order chi connectivity index (χ1) is 14.3. The van der Waals surface area contributed by atoms with E-state index in [4.69, 9.17) is 32.1 Å². The number of hydrogen-bond acceptors (Lipinski definition) is 6. The number of nitrogens with zero attached hydrogens (tertiary/aromatic N) is 1. The first-order valence-electron chi connectivity index (χ1n) is 9.36. The minimum absolute atomic E-state index is 0.0953. The second-order valence-electron chi connectivity index (χ2n) is 7.21. The van der Waals surface area contributed by atoms with Gasteiger partial charge in [0.25, 0.3) is 5.91 Å². The molecule has 0 heterocycles. The molecule has 2 aliphatic rings. The van der Waals surface area contributed by atoms with Crippen LogP contribution in [0.25, 0.3) is 0 Å². The monoisotopic (exact) mass is 448 g/mol. The Morgan fingerprint density at radius 2 is 2.00 bits per heavy atom. The van der Waals surface area contributed by atoms with Crippen LogP contribution in [0.2, 0.25) is 5.02 Å². The van der Waals surface area contributed by atoms with E-state index < -0.39 is 22.3 Å². The van der Waals surface area contributed by atoms with Gasteiger partial charge >= 0.3 is 0 Å². The molecule has 2 fully saturated rings. The van der Waals surface area contributed by atoms with Gasteiger partial charge in [-0.25, -0.2) is 4.39 Å². The summed E-state index contributed by atoms with van der Waals surface area (Å²) in [6.45, 7) is 0.0953. The lowest BCUT2D eigenvalue weighted by Crippen LogP contribution is -2.15. The molecule has 30 heavy (non-hydrogen) atoms. The van der Waals surface area contributed by atoms with Crippen molar-refractivity contribution in [1.29, 1.82) is 10.0 Å². The third-order valence-corrected chi connectivity index (χ3v) is 6.10. The zero-order valence-corrected chi connectivity index (χ0v) is 17.6. The average Bonchev–Trinajstić information content (AvgIpc) is 3.59. The largest absolute Gasteiger partial charge is 0.488 e. The van der Waals surface area contributed by atoms with Crippen LogP contribution < -0.4 is 10.5 Å². The number of nitriles is 1. The van der Waals surface area contributed by atoms with Gasteiger partial charge in [-0.2, -0.15) is 15.9 Å². The molecule has 0 atom stereocenters. The maximum absolute atomic E-state index is 14.1. The lowest BCUT2D eigenvalue weighted by Gasteiger charge is -2.13. The molecule has 2 aromatic rings. The highest BCUT2D eigenvalue weighted by Gasteiger charge is 2.28. The Bertz CT molecular complexity index is 1080. The van der Waals surface area contributed by atoms with Crippen molar-refractivity contribution in [2.24, 2.45) is 5.73 Å². The molecule has 2 saturated carbocycles. The molecule has 0 bridgehead atoms. The van der Waals surface area contributed by atoms with Gasteiger partial charge in [0.2, 0.25) is 0 Å². The first-order valence-corrected chi connectivity index (χ1v) is 11.0. The summed E-state index contributed by atoms with van der Waals surface area (Å²) in [5.74, 6) is -0.778. The molecule has 2 aromatic carbocycles. The van der Waals surface area contributed by atoms with E-state index in [-0.39, 0.29) is 17.4 Å². The van der Waals surface area contributed by atoms with Crippen molar-refractivity contribution in [2.75, 3.05) is 0 Å². The fraction of sp³-hybridized carbons (Fsp3) is 0.333. The van der Waals surface area contributed by atoms with Crippen LogP contribution >= 0.6 is 11.6 Å². The van der Waals surface area contributed by atoms with Gasteiger partial charge in [-0.3, -0.25) is 4.79 Å². The quantitative estimate of drug-likeness (QED) is 0.618. The molecule has 0 radical (unpaired) electrons. The number of nitrogens with one attached hydrogen (secondary N) is 1. The molecule has 2 aliphatic carbocycles. The molecule has 158 valence electrons. The van der Waals surface area contributed by atoms with Crippen molar-refractivity contribution in [3.8, 4) is 11.8 Å². The number of primary amides is 1. The summed E-state index contributed by atoms with van der Waals surface area (Å²) < 4.78 is 36.3. The molecule has 0 aliphatic heterocycles. The molecule has 1 amide bonds. The molecule has 3 N–H and O–H groups in total. The van der Waals surface area contributed by atoms with E-state index in [0.29, 0.717) is 27.8 Å². The number of hydrogen-bond donors (Lipinski definition) is 2. The Kier molecular flexibility index (Phi) is 6.95. The fourth-order valence-corrected chi connectivity index (χ4v) is 3.61. The highest BCUT2D eigenvalue weighted by molar-refractivity contribution is 7.74. The highest BCUT2D eigenvalue weighted by Crippen LogP contribution is 2.42. The fourth-order valence-electron chi connectivity index (χ4n) is 2.87. The zero-order valence-electron chi connectivity index (χ0n) is 16.0. The summed E-state index contributed by atoms with van der Waals surface area (Å²) in [6, 6.07) is 9.55. The van der Waals surface area contributed by atoms with Crippen LogP contribution in [-0.4, -0.2) is 11.2 Å². The predicted octanol–water partition coefficient (Wildman–Crippen LogP) is 4.78. The number of ether oxygens (including phenoxy) is 1. The normalized spacial score (nSPS) is 15.1. The Morgan fingerprint density at radius 1 is 1.30 bits per heavy atom. The molecule has 0 spiro atoms. The van der Waals surface area contributed by atoms with Crippen LogP contribution in [0.1, 0.15) is 58.6 Å². The van der Waals surface area contributed by atoms with E-state index in [0.717, 1.165) is 31.2 Å². The number of rotatable bonds is 6. The van der Waals surface area contributed by atoms with E-state index in [9.17, 15) is 13.4 Å². The second-order valence-corrected chi connectivity index (χ2v) is 8.91. The summed E-state index contributed by atoms with van der Waals surface area (Å²) in [4.78, 5) is 11.3. The molecule has 9 heteroatoms. The minimum atomic E-state index is -1.26. The van der Waals surface area contributed by atoms with Crippen LogP contribution in [0.5, 0.6) is 5.75 Å². The van der Waals surface area contributed by atoms with Gasteiger partial charge in [-0.15, -0.1) is 0 Å². The van der Waals surface area contributed by atoms with Gasteiger partial charge in [0, 0.05) is 5.02 Å². The Balaban J connectivity index is 0.000000367. The van der Waals surface area contributed by atoms with Crippen molar-refractivity contribution in [3.05, 3.63) is 63.4 Å². The third kappa shape index (κ3) is 5.71. The second kappa shape index (κ2) is 9.45. The SMILES string of the molecule is N#Cc1cc(Cl)ccc1OCc1cc(F)c(C(N)=O)cc1C1CC1.N=[S-](=O)C1CC1. The first kappa shape index (κ1) is 22.1. The molecular weight excluding hydrogens is 429 g/mol. The van der Waals surface area contributed by atoms with Crippen molar-refractivity contribution >= 4 is 28.1 Å². The van der Waals surface area contributed by atoms with Crippen molar-refractivity contribution in [3.63, 3.8) is 0 Å². The third-order valence-electron chi connectivity index (χ3n) is 4.78. The van der Waals surface area contributed by atoms with Gasteiger partial charge in [-0.05, 0) is 60.2 Å². The van der Waals surface area contributed by atoms with Crippen LogP contribution in [0.15, 0.2) is 30.3 Å². The summed E-state index contributed by atoms with van der Waals surface area (Å²) in [5.41, 5.74) is 6.94. The topological polar surface area (TPSA) is 117 Å². The molecule has 0 aromatic heterocycles. The zero-order chi connectivity index (χ0) is 21.8. The number of carbonyl (C=O) groups is 1. The van der Waals surface area contributed by atoms with Crippen LogP contribution in [-0.2, 0) is 21.4 Å². The van der Waals surface area contributed by atoms with Crippen molar-refractivity contribution < 1.29 is 18.1 Å². The van der Waals surface area contributed by atoms with Gasteiger partial charge in [0.15, 0.2) is 0 Å². The number of nitrogens with two attached hydrogens (primary N) is 1. The van der Waals surface area contributed by atoms with Crippen LogP contribution in [0.3, 0.4) is 0 Å². The maximum Gasteiger partial charge on any atom is 0.251 e. The molecule has 4 rings (SSSR count). The van der Waals surface area contributed by atoms with Crippen LogP contribution in [0, 0.1) is 21.9 Å². The molecule has 0 saturated heterocycles. The smallest absolute Gasteiger partial charge is 0.251 e. The minimum Gasteiger partial charge on any atom is -0.488 e. The van der Waals surface area contributed by atoms with Crippen molar-refractivity contribution in [2.45, 2.75) is 43.5 Å². The summed E-state index contributed by atoms with van der Waals surface area (Å²) in [5, 5.41) is 9.81. The van der Waals surface area contributed by atoms with E-state index in [1.165, 1.54) is 18.2 Å². The highest BCUT2D eigenvalue weighted by atomic mass is 35.5. The van der Waals surface area contributed by atoms with Crippen LogP contribution in [0.4, 0.5) is 4.39 Å². The Morgan fingerprint density at radius 3 is 2.50 bits per heavy atom. The average molecular weight is 449 g/mol. The number of amides is 1. The Hall–Kier alpha value is -2.63. The van der Waals surface area contributed by atoms with E-state index >= 15 is 0 Å². The predicted molar refractivity (Wildman–Crippen MR) is 111 cm³/mol. The molecule has 0 unspecified atom stereocenters. The summed E-state index contributed by atoms with van der Waals surface area (Å²) in [7, 11) is -1.26. The van der Waals surface area contributed by atoms with Gasteiger partial charge in [-0.1, -0.05) is 29.7 Å². The van der Waals surface area contributed by atoms with E-state index in [1.807, 2.05) is 6.07 Å². The van der Waals surface area contributed by atoms with E-state index in [1.54, 1.807) is 12.1 Å². The summed E-state index contributed by atoms with van der Waals surface area (Å²) in [6.07, 6.45) is 3.99. The number of halogens is 2. The number of benzene rings is 2. The standard InChI is InChI=1S/C18H14ClFN2O2.C3H6NOS/c19-13-3-4-17(11(5-13)8-21)24-9-12-6-16(20)15(18(22)23)7-14(12)10-1-2-10;4-6(5)3-1-2-3/h3-7,10H,1-2,9H2,(H2,22,23);3-4H,1-2H2/q;-1. The van der Waals surface area contributed by atoms with Crippen molar-refractivity contribution in [1.82, 2.24) is 0 Å². The lowest BCUT2D eigenvalue weighted by atomic mass is 9.99.